The number of hydrogen-bond donors (Lipinski definition) is 1. The maximum absolute atomic E-state index is 5.50. The molecule has 2 nitrogen and oxygen atoms in total. The smallest absolute Gasteiger partial charge is 0.119 e. The minimum absolute atomic E-state index is 0.716. The van der Waals surface area contributed by atoms with E-state index in [0.29, 0.717) is 6.61 Å². The summed E-state index contributed by atoms with van der Waals surface area (Å²) >= 11 is 0. The van der Waals surface area contributed by atoms with Crippen molar-refractivity contribution in [3.63, 3.8) is 0 Å². The van der Waals surface area contributed by atoms with E-state index in [9.17, 15) is 0 Å². The molecule has 2 aromatic carbocycles. The fourth-order valence-corrected chi connectivity index (χ4v) is 2.21. The first-order valence-electron chi connectivity index (χ1n) is 7.35. The molecule has 0 aliphatic heterocycles. The standard InChI is InChI=1S/C18H23NO/c1-2-20-18-12-6-10-17(14-18)15-19-13-7-11-16-8-4-3-5-9-16/h3-6,8-10,12,14,19H,2,7,11,13,15H2,1H3. The third-order valence-corrected chi connectivity index (χ3v) is 3.20. The van der Waals surface area contributed by atoms with Crippen LogP contribution in [0.5, 0.6) is 5.75 Å². The van der Waals surface area contributed by atoms with Gasteiger partial charge in [-0.15, -0.1) is 0 Å². The Labute approximate surface area is 121 Å². The molecule has 0 unspecified atom stereocenters. The molecule has 106 valence electrons. The second kappa shape index (κ2) is 8.39. The zero-order valence-corrected chi connectivity index (χ0v) is 12.1. The lowest BCUT2D eigenvalue weighted by Crippen LogP contribution is -2.15. The van der Waals surface area contributed by atoms with Gasteiger partial charge in [-0.3, -0.25) is 0 Å². The summed E-state index contributed by atoms with van der Waals surface area (Å²) in [7, 11) is 0. The van der Waals surface area contributed by atoms with Gasteiger partial charge in [-0.2, -0.15) is 0 Å². The number of hydrogen-bond acceptors (Lipinski definition) is 2. The second-order valence-electron chi connectivity index (χ2n) is 4.85. The van der Waals surface area contributed by atoms with Gasteiger partial charge in [0.1, 0.15) is 5.75 Å². The first-order valence-corrected chi connectivity index (χ1v) is 7.35. The first-order chi connectivity index (χ1) is 9.88. The van der Waals surface area contributed by atoms with Crippen LogP contribution in [-0.4, -0.2) is 13.2 Å². The van der Waals surface area contributed by atoms with Crippen molar-refractivity contribution in [2.75, 3.05) is 13.2 Å². The fourth-order valence-electron chi connectivity index (χ4n) is 2.21. The number of rotatable bonds is 8. The van der Waals surface area contributed by atoms with Crippen molar-refractivity contribution in [1.29, 1.82) is 0 Å². The van der Waals surface area contributed by atoms with Crippen LogP contribution in [0.3, 0.4) is 0 Å². The molecule has 2 heteroatoms. The summed E-state index contributed by atoms with van der Waals surface area (Å²) in [6, 6.07) is 18.9. The van der Waals surface area contributed by atoms with Crippen LogP contribution < -0.4 is 10.1 Å². The highest BCUT2D eigenvalue weighted by Crippen LogP contribution is 2.13. The van der Waals surface area contributed by atoms with E-state index in [2.05, 4.69) is 47.8 Å². The van der Waals surface area contributed by atoms with Crippen LogP contribution in [0.2, 0.25) is 0 Å². The molecule has 2 rings (SSSR count). The van der Waals surface area contributed by atoms with Crippen molar-refractivity contribution in [3.8, 4) is 5.75 Å². The van der Waals surface area contributed by atoms with Gasteiger partial charge in [0.25, 0.3) is 0 Å². The van der Waals surface area contributed by atoms with Crippen LogP contribution in [0.4, 0.5) is 0 Å². The van der Waals surface area contributed by atoms with E-state index in [4.69, 9.17) is 4.74 Å². The molecule has 0 spiro atoms. The Kier molecular flexibility index (Phi) is 6.12. The third-order valence-electron chi connectivity index (χ3n) is 3.20. The summed E-state index contributed by atoms with van der Waals surface area (Å²) in [5.41, 5.74) is 2.68. The van der Waals surface area contributed by atoms with E-state index < -0.39 is 0 Å². The molecule has 0 aliphatic carbocycles. The predicted octanol–water partition coefficient (Wildman–Crippen LogP) is 3.81. The molecule has 0 saturated carbocycles. The molecular formula is C18H23NO. The maximum atomic E-state index is 5.50. The molecule has 0 atom stereocenters. The summed E-state index contributed by atoms with van der Waals surface area (Å²) in [6.07, 6.45) is 2.29. The summed E-state index contributed by atoms with van der Waals surface area (Å²) < 4.78 is 5.50. The van der Waals surface area contributed by atoms with E-state index in [0.717, 1.165) is 31.7 Å². The zero-order chi connectivity index (χ0) is 14.0. The monoisotopic (exact) mass is 269 g/mol. The molecule has 20 heavy (non-hydrogen) atoms. The van der Waals surface area contributed by atoms with Gasteiger partial charge < -0.3 is 10.1 Å². The first kappa shape index (κ1) is 14.6. The molecule has 0 aromatic heterocycles. The molecule has 0 bridgehead atoms. The Morgan fingerprint density at radius 1 is 0.950 bits per heavy atom. The van der Waals surface area contributed by atoms with Gasteiger partial charge in [-0.1, -0.05) is 42.5 Å². The number of aryl methyl sites for hydroxylation is 1. The van der Waals surface area contributed by atoms with Crippen LogP contribution in [0, 0.1) is 0 Å². The van der Waals surface area contributed by atoms with Gasteiger partial charge in [0, 0.05) is 6.54 Å². The van der Waals surface area contributed by atoms with Crippen LogP contribution in [0.1, 0.15) is 24.5 Å². The molecule has 0 radical (unpaired) electrons. The Hall–Kier alpha value is -1.80. The molecule has 0 amide bonds. The van der Waals surface area contributed by atoms with Crippen molar-refractivity contribution in [2.24, 2.45) is 0 Å². The van der Waals surface area contributed by atoms with E-state index in [1.807, 2.05) is 19.1 Å². The van der Waals surface area contributed by atoms with E-state index in [1.165, 1.54) is 11.1 Å². The van der Waals surface area contributed by atoms with E-state index in [-0.39, 0.29) is 0 Å². The zero-order valence-electron chi connectivity index (χ0n) is 12.1. The summed E-state index contributed by atoms with van der Waals surface area (Å²) in [4.78, 5) is 0. The molecule has 0 aliphatic rings. The minimum Gasteiger partial charge on any atom is -0.494 e. The van der Waals surface area contributed by atoms with Crippen LogP contribution in [0.15, 0.2) is 54.6 Å². The predicted molar refractivity (Wildman–Crippen MR) is 84.1 cm³/mol. The Bertz CT molecular complexity index is 496. The highest BCUT2D eigenvalue weighted by Gasteiger charge is 1.97. The maximum Gasteiger partial charge on any atom is 0.119 e. The van der Waals surface area contributed by atoms with Crippen molar-refractivity contribution < 1.29 is 4.74 Å². The van der Waals surface area contributed by atoms with E-state index in [1.54, 1.807) is 0 Å². The summed E-state index contributed by atoms with van der Waals surface area (Å²) in [5, 5.41) is 3.49. The third kappa shape index (κ3) is 5.06. The van der Waals surface area contributed by atoms with Gasteiger partial charge >= 0.3 is 0 Å². The highest BCUT2D eigenvalue weighted by molar-refractivity contribution is 5.28. The van der Waals surface area contributed by atoms with Gasteiger partial charge in [0.05, 0.1) is 6.61 Å². The number of nitrogens with one attached hydrogen (secondary N) is 1. The van der Waals surface area contributed by atoms with Gasteiger partial charge in [-0.05, 0) is 49.6 Å². The molecule has 0 heterocycles. The quantitative estimate of drug-likeness (QED) is 0.736. The van der Waals surface area contributed by atoms with Gasteiger partial charge in [-0.25, -0.2) is 0 Å². The largest absolute Gasteiger partial charge is 0.494 e. The van der Waals surface area contributed by atoms with Crippen LogP contribution in [-0.2, 0) is 13.0 Å². The SMILES string of the molecule is CCOc1cccc(CNCCCc2ccccc2)c1. The highest BCUT2D eigenvalue weighted by atomic mass is 16.5. The number of ether oxygens (including phenoxy) is 1. The van der Waals surface area contributed by atoms with E-state index >= 15 is 0 Å². The molecule has 0 fully saturated rings. The molecule has 2 aromatic rings. The Morgan fingerprint density at radius 2 is 1.75 bits per heavy atom. The van der Waals surface area contributed by atoms with Crippen molar-refractivity contribution >= 4 is 0 Å². The average molecular weight is 269 g/mol. The summed E-state index contributed by atoms with van der Waals surface area (Å²) in [5.74, 6) is 0.955. The molecule has 1 N–H and O–H groups in total. The lowest BCUT2D eigenvalue weighted by atomic mass is 10.1. The van der Waals surface area contributed by atoms with Crippen molar-refractivity contribution in [1.82, 2.24) is 5.32 Å². The fraction of sp³-hybridized carbons (Fsp3) is 0.333. The Morgan fingerprint density at radius 3 is 2.55 bits per heavy atom. The second-order valence-corrected chi connectivity index (χ2v) is 4.85. The molecule has 0 saturated heterocycles. The molecular weight excluding hydrogens is 246 g/mol. The van der Waals surface area contributed by atoms with Gasteiger partial charge in [0.2, 0.25) is 0 Å². The van der Waals surface area contributed by atoms with Gasteiger partial charge in [0.15, 0.2) is 0 Å². The summed E-state index contributed by atoms with van der Waals surface area (Å²) in [6.45, 7) is 4.66. The van der Waals surface area contributed by atoms with Crippen molar-refractivity contribution in [3.05, 3.63) is 65.7 Å². The van der Waals surface area contributed by atoms with Crippen molar-refractivity contribution in [2.45, 2.75) is 26.3 Å². The minimum atomic E-state index is 0.716. The topological polar surface area (TPSA) is 21.3 Å². The van der Waals surface area contributed by atoms with Crippen LogP contribution in [0.25, 0.3) is 0 Å². The lowest BCUT2D eigenvalue weighted by molar-refractivity contribution is 0.340. The number of benzene rings is 2. The normalized spacial score (nSPS) is 10.4. The Balaban J connectivity index is 1.67. The lowest BCUT2D eigenvalue weighted by Gasteiger charge is -2.07. The van der Waals surface area contributed by atoms with Crippen LogP contribution >= 0.6 is 0 Å². The average Bonchev–Trinajstić information content (AvgIpc) is 2.49.